The van der Waals surface area contributed by atoms with E-state index in [1.54, 1.807) is 44.7 Å². The summed E-state index contributed by atoms with van der Waals surface area (Å²) in [5.74, 6) is 2.00. The van der Waals surface area contributed by atoms with Crippen molar-refractivity contribution < 1.29 is 14.2 Å². The van der Waals surface area contributed by atoms with Crippen LogP contribution >= 0.6 is 11.6 Å². The first kappa shape index (κ1) is 22.0. The zero-order chi connectivity index (χ0) is 22.1. The highest BCUT2D eigenvalue weighted by Gasteiger charge is 2.06. The number of nitriles is 1. The second kappa shape index (κ2) is 10.9. The highest BCUT2D eigenvalue weighted by atomic mass is 35.5. The first-order valence-electron chi connectivity index (χ1n) is 9.51. The van der Waals surface area contributed by atoms with Crippen LogP contribution in [0.2, 0.25) is 5.02 Å². The Morgan fingerprint density at radius 1 is 0.935 bits per heavy atom. The smallest absolute Gasteiger partial charge is 0.161 e. The van der Waals surface area contributed by atoms with Gasteiger partial charge in [0.25, 0.3) is 0 Å². The number of rotatable bonds is 9. The molecular weight excluding hydrogens is 414 g/mol. The summed E-state index contributed by atoms with van der Waals surface area (Å²) in [6.07, 6.45) is 1.67. The SMILES string of the molecule is COc1ccc(CN/N=C/c2cc(Cl)ccc2OCc2ccc(C#N)cc2)cc1OC. The third-order valence-corrected chi connectivity index (χ3v) is 4.71. The van der Waals surface area contributed by atoms with Crippen LogP contribution in [0.4, 0.5) is 0 Å². The van der Waals surface area contributed by atoms with Crippen LogP contribution < -0.4 is 19.6 Å². The van der Waals surface area contributed by atoms with Crippen molar-refractivity contribution in [2.75, 3.05) is 14.2 Å². The van der Waals surface area contributed by atoms with Gasteiger partial charge in [-0.1, -0.05) is 29.8 Å². The van der Waals surface area contributed by atoms with E-state index in [1.807, 2.05) is 36.4 Å². The minimum absolute atomic E-state index is 0.368. The van der Waals surface area contributed by atoms with Gasteiger partial charge in [0.15, 0.2) is 11.5 Å². The van der Waals surface area contributed by atoms with Crippen molar-refractivity contribution in [3.05, 3.63) is 87.9 Å². The number of benzene rings is 3. The average Bonchev–Trinajstić information content (AvgIpc) is 2.81. The maximum atomic E-state index is 8.90. The van der Waals surface area contributed by atoms with Crippen LogP contribution in [0.25, 0.3) is 0 Å². The van der Waals surface area contributed by atoms with Crippen LogP contribution in [-0.4, -0.2) is 20.4 Å². The molecule has 158 valence electrons. The largest absolute Gasteiger partial charge is 0.493 e. The van der Waals surface area contributed by atoms with Gasteiger partial charge in [-0.2, -0.15) is 10.4 Å². The zero-order valence-electron chi connectivity index (χ0n) is 17.3. The van der Waals surface area contributed by atoms with Crippen molar-refractivity contribution in [2.45, 2.75) is 13.2 Å². The second-order valence-corrected chi connectivity index (χ2v) is 7.00. The molecule has 0 fully saturated rings. The van der Waals surface area contributed by atoms with Crippen molar-refractivity contribution >= 4 is 17.8 Å². The molecule has 0 aliphatic heterocycles. The van der Waals surface area contributed by atoms with Gasteiger partial charge in [0, 0.05) is 10.6 Å². The summed E-state index contributed by atoms with van der Waals surface area (Å²) in [7, 11) is 3.21. The molecule has 0 aliphatic carbocycles. The van der Waals surface area contributed by atoms with Gasteiger partial charge in [-0.05, 0) is 53.6 Å². The Balaban J connectivity index is 1.63. The number of ether oxygens (including phenoxy) is 3. The molecule has 0 unspecified atom stereocenters. The summed E-state index contributed by atoms with van der Waals surface area (Å²) in [4.78, 5) is 0. The van der Waals surface area contributed by atoms with E-state index in [4.69, 9.17) is 31.1 Å². The number of methoxy groups -OCH3 is 2. The summed E-state index contributed by atoms with van der Waals surface area (Å²) in [5.41, 5.74) is 6.34. The highest BCUT2D eigenvalue weighted by molar-refractivity contribution is 6.30. The molecule has 3 aromatic carbocycles. The summed E-state index contributed by atoms with van der Waals surface area (Å²) in [6.45, 7) is 0.881. The van der Waals surface area contributed by atoms with Crippen molar-refractivity contribution in [2.24, 2.45) is 5.10 Å². The number of hydrogen-bond acceptors (Lipinski definition) is 6. The second-order valence-electron chi connectivity index (χ2n) is 6.56. The first-order chi connectivity index (χ1) is 15.1. The quantitative estimate of drug-likeness (QED) is 0.381. The fraction of sp³-hybridized carbons (Fsp3) is 0.167. The van der Waals surface area contributed by atoms with E-state index < -0.39 is 0 Å². The van der Waals surface area contributed by atoms with E-state index in [1.165, 1.54) is 0 Å². The lowest BCUT2D eigenvalue weighted by Crippen LogP contribution is -2.06. The Bertz CT molecular complexity index is 1090. The third-order valence-electron chi connectivity index (χ3n) is 4.48. The molecule has 0 aliphatic rings. The fourth-order valence-electron chi connectivity index (χ4n) is 2.83. The lowest BCUT2D eigenvalue weighted by molar-refractivity contribution is 0.306. The van der Waals surface area contributed by atoms with Crippen LogP contribution in [0.1, 0.15) is 22.3 Å². The summed E-state index contributed by atoms with van der Waals surface area (Å²) in [6, 6.07) is 20.4. The molecule has 3 aromatic rings. The summed E-state index contributed by atoms with van der Waals surface area (Å²) < 4.78 is 16.5. The minimum atomic E-state index is 0.368. The number of nitrogens with one attached hydrogen (secondary N) is 1. The van der Waals surface area contributed by atoms with Crippen molar-refractivity contribution in [1.29, 1.82) is 5.26 Å². The molecule has 0 aromatic heterocycles. The van der Waals surface area contributed by atoms with Gasteiger partial charge in [0.1, 0.15) is 12.4 Å². The van der Waals surface area contributed by atoms with E-state index in [2.05, 4.69) is 16.6 Å². The molecular formula is C24H22ClN3O3. The van der Waals surface area contributed by atoms with Gasteiger partial charge >= 0.3 is 0 Å². The Labute approximate surface area is 186 Å². The van der Waals surface area contributed by atoms with E-state index in [0.29, 0.717) is 41.0 Å². The molecule has 0 heterocycles. The summed E-state index contributed by atoms with van der Waals surface area (Å²) >= 11 is 6.14. The molecule has 0 atom stereocenters. The molecule has 0 radical (unpaired) electrons. The summed E-state index contributed by atoms with van der Waals surface area (Å²) in [5, 5.41) is 13.8. The van der Waals surface area contributed by atoms with Gasteiger partial charge in [0.2, 0.25) is 0 Å². The molecule has 7 heteroatoms. The standard InChI is InChI=1S/C24H22ClN3O3/c1-29-23-9-7-19(11-24(23)30-2)14-27-28-15-20-12-21(25)8-10-22(20)31-16-18-5-3-17(13-26)4-6-18/h3-12,15,27H,14,16H2,1-2H3/b28-15+. The predicted octanol–water partition coefficient (Wildman–Crippen LogP) is 4.93. The van der Waals surface area contributed by atoms with Crippen LogP contribution in [0, 0.1) is 11.3 Å². The minimum Gasteiger partial charge on any atom is -0.493 e. The normalized spacial score (nSPS) is 10.5. The topological polar surface area (TPSA) is 75.9 Å². The monoisotopic (exact) mass is 435 g/mol. The first-order valence-corrected chi connectivity index (χ1v) is 9.89. The van der Waals surface area contributed by atoms with Crippen molar-refractivity contribution in [1.82, 2.24) is 5.43 Å². The highest BCUT2D eigenvalue weighted by Crippen LogP contribution is 2.27. The number of nitrogens with zero attached hydrogens (tertiary/aromatic N) is 2. The lowest BCUT2D eigenvalue weighted by atomic mass is 10.1. The third kappa shape index (κ3) is 6.14. The molecule has 0 saturated heterocycles. The van der Waals surface area contributed by atoms with E-state index >= 15 is 0 Å². The van der Waals surface area contributed by atoms with E-state index in [0.717, 1.165) is 16.7 Å². The lowest BCUT2D eigenvalue weighted by Gasteiger charge is -2.10. The van der Waals surface area contributed by atoms with Crippen LogP contribution in [0.15, 0.2) is 65.8 Å². The van der Waals surface area contributed by atoms with Crippen LogP contribution in [-0.2, 0) is 13.2 Å². The Morgan fingerprint density at radius 3 is 2.35 bits per heavy atom. The van der Waals surface area contributed by atoms with Gasteiger partial charge in [-0.3, -0.25) is 0 Å². The van der Waals surface area contributed by atoms with Gasteiger partial charge in [-0.15, -0.1) is 0 Å². The molecule has 3 rings (SSSR count). The maximum Gasteiger partial charge on any atom is 0.161 e. The fourth-order valence-corrected chi connectivity index (χ4v) is 3.01. The molecule has 6 nitrogen and oxygen atoms in total. The molecule has 31 heavy (non-hydrogen) atoms. The number of halogens is 1. The van der Waals surface area contributed by atoms with Gasteiger partial charge in [-0.25, -0.2) is 0 Å². The molecule has 0 bridgehead atoms. The van der Waals surface area contributed by atoms with E-state index in [-0.39, 0.29) is 0 Å². The molecule has 0 spiro atoms. The number of hydrogen-bond donors (Lipinski definition) is 1. The van der Waals surface area contributed by atoms with Crippen molar-refractivity contribution in [3.8, 4) is 23.3 Å². The Kier molecular flexibility index (Phi) is 7.74. The maximum absolute atomic E-state index is 8.90. The average molecular weight is 436 g/mol. The molecule has 1 N–H and O–H groups in total. The Morgan fingerprint density at radius 2 is 1.65 bits per heavy atom. The van der Waals surface area contributed by atoms with E-state index in [9.17, 15) is 0 Å². The zero-order valence-corrected chi connectivity index (χ0v) is 18.0. The predicted molar refractivity (Wildman–Crippen MR) is 121 cm³/mol. The Hall–Kier alpha value is -3.69. The molecule has 0 saturated carbocycles. The van der Waals surface area contributed by atoms with Gasteiger partial charge < -0.3 is 19.6 Å². The number of hydrazone groups is 1. The van der Waals surface area contributed by atoms with Crippen LogP contribution in [0.3, 0.4) is 0 Å². The molecule has 0 amide bonds. The van der Waals surface area contributed by atoms with Crippen LogP contribution in [0.5, 0.6) is 17.2 Å². The van der Waals surface area contributed by atoms with Gasteiger partial charge in [0.05, 0.1) is 38.6 Å². The van der Waals surface area contributed by atoms with Crippen molar-refractivity contribution in [3.63, 3.8) is 0 Å².